The van der Waals surface area contributed by atoms with Crippen LogP contribution in [-0.4, -0.2) is 38.5 Å². The standard InChI is InChI=1S/C24H22ClN5O/c25-20-8-4-5-9-21(20)28-23-19(16-26-22-10-13-27-30(22)23)24(31)29-14-11-18(12-15-29)17-6-2-1-3-7-17/h1-10,13,16,18,28H,11-12,14-15H2. The number of rotatable bonds is 4. The van der Waals surface area contributed by atoms with Gasteiger partial charge in [-0.3, -0.25) is 4.79 Å². The molecule has 0 atom stereocenters. The van der Waals surface area contributed by atoms with E-state index in [2.05, 4.69) is 39.7 Å². The summed E-state index contributed by atoms with van der Waals surface area (Å²) in [6.45, 7) is 1.42. The zero-order chi connectivity index (χ0) is 21.2. The van der Waals surface area contributed by atoms with Gasteiger partial charge in [0.2, 0.25) is 0 Å². The lowest BCUT2D eigenvalue weighted by Gasteiger charge is -2.32. The summed E-state index contributed by atoms with van der Waals surface area (Å²) in [4.78, 5) is 19.8. The predicted molar refractivity (Wildman–Crippen MR) is 122 cm³/mol. The molecule has 1 fully saturated rings. The van der Waals surface area contributed by atoms with E-state index in [1.165, 1.54) is 5.56 Å². The van der Waals surface area contributed by atoms with Crippen molar-refractivity contribution in [2.24, 2.45) is 0 Å². The number of hydrogen-bond acceptors (Lipinski definition) is 4. The van der Waals surface area contributed by atoms with Crippen LogP contribution in [0.3, 0.4) is 0 Å². The molecule has 5 rings (SSSR count). The molecule has 2 aromatic heterocycles. The number of fused-ring (bicyclic) bond motifs is 1. The first-order valence-corrected chi connectivity index (χ1v) is 10.8. The number of carbonyl (C=O) groups excluding carboxylic acids is 1. The molecule has 0 radical (unpaired) electrons. The van der Waals surface area contributed by atoms with Crippen molar-refractivity contribution >= 4 is 34.7 Å². The van der Waals surface area contributed by atoms with Crippen molar-refractivity contribution in [2.45, 2.75) is 18.8 Å². The fraction of sp³-hybridized carbons (Fsp3) is 0.208. The Morgan fingerprint density at radius 2 is 1.74 bits per heavy atom. The van der Waals surface area contributed by atoms with Crippen LogP contribution in [-0.2, 0) is 0 Å². The largest absolute Gasteiger partial charge is 0.338 e. The molecule has 1 N–H and O–H groups in total. The van der Waals surface area contributed by atoms with E-state index in [0.717, 1.165) is 12.8 Å². The number of amides is 1. The van der Waals surface area contributed by atoms with Gasteiger partial charge >= 0.3 is 0 Å². The van der Waals surface area contributed by atoms with E-state index < -0.39 is 0 Å². The van der Waals surface area contributed by atoms with Gasteiger partial charge in [0, 0.05) is 25.4 Å². The van der Waals surface area contributed by atoms with Crippen LogP contribution in [0.5, 0.6) is 0 Å². The number of hydrogen-bond donors (Lipinski definition) is 1. The Morgan fingerprint density at radius 1 is 1.00 bits per heavy atom. The number of aromatic nitrogens is 3. The third-order valence-electron chi connectivity index (χ3n) is 5.83. The number of para-hydroxylation sites is 1. The Hall–Kier alpha value is -3.38. The highest BCUT2D eigenvalue weighted by molar-refractivity contribution is 6.33. The lowest BCUT2D eigenvalue weighted by atomic mass is 9.89. The van der Waals surface area contributed by atoms with E-state index in [4.69, 9.17) is 11.6 Å². The number of piperidine rings is 1. The Morgan fingerprint density at radius 3 is 2.52 bits per heavy atom. The topological polar surface area (TPSA) is 62.5 Å². The van der Waals surface area contributed by atoms with Gasteiger partial charge in [-0.25, -0.2) is 4.98 Å². The lowest BCUT2D eigenvalue weighted by Crippen LogP contribution is -2.38. The van der Waals surface area contributed by atoms with Crippen LogP contribution in [0.25, 0.3) is 5.65 Å². The summed E-state index contributed by atoms with van der Waals surface area (Å²) in [6.07, 6.45) is 5.18. The number of nitrogens with one attached hydrogen (secondary N) is 1. The number of halogens is 1. The van der Waals surface area contributed by atoms with Gasteiger partial charge in [0.15, 0.2) is 5.65 Å². The third kappa shape index (κ3) is 3.86. The summed E-state index contributed by atoms with van der Waals surface area (Å²) < 4.78 is 1.65. The Balaban J connectivity index is 1.42. The quantitative estimate of drug-likeness (QED) is 0.485. The minimum atomic E-state index is -0.0500. The highest BCUT2D eigenvalue weighted by Crippen LogP contribution is 2.31. The van der Waals surface area contributed by atoms with Crippen LogP contribution >= 0.6 is 11.6 Å². The molecule has 156 valence electrons. The molecule has 1 saturated heterocycles. The molecule has 2 aromatic carbocycles. The summed E-state index contributed by atoms with van der Waals surface area (Å²) >= 11 is 6.35. The SMILES string of the molecule is O=C(c1cnc2ccnn2c1Nc1ccccc1Cl)N1CCC(c2ccccc2)CC1. The average molecular weight is 432 g/mol. The second kappa shape index (κ2) is 8.40. The van der Waals surface area contributed by atoms with Gasteiger partial charge in [0.05, 0.1) is 16.9 Å². The third-order valence-corrected chi connectivity index (χ3v) is 6.16. The van der Waals surface area contributed by atoms with Crippen molar-refractivity contribution < 1.29 is 4.79 Å². The first kappa shape index (κ1) is 19.6. The normalized spacial score (nSPS) is 14.7. The van der Waals surface area contributed by atoms with E-state index in [9.17, 15) is 4.79 Å². The Labute approximate surface area is 185 Å². The van der Waals surface area contributed by atoms with Crippen LogP contribution in [0.1, 0.15) is 34.7 Å². The maximum atomic E-state index is 13.5. The van der Waals surface area contributed by atoms with Crippen molar-refractivity contribution in [3.8, 4) is 0 Å². The zero-order valence-corrected chi connectivity index (χ0v) is 17.7. The molecule has 0 saturated carbocycles. The van der Waals surface area contributed by atoms with Gasteiger partial charge in [0.25, 0.3) is 5.91 Å². The van der Waals surface area contributed by atoms with Crippen LogP contribution in [0.2, 0.25) is 5.02 Å². The number of likely N-dealkylation sites (tertiary alicyclic amines) is 1. The molecular weight excluding hydrogens is 410 g/mol. The van der Waals surface area contributed by atoms with Crippen LogP contribution in [0.15, 0.2) is 73.1 Å². The second-order valence-electron chi connectivity index (χ2n) is 7.70. The molecule has 31 heavy (non-hydrogen) atoms. The van der Waals surface area contributed by atoms with E-state index >= 15 is 0 Å². The molecule has 7 heteroatoms. The molecule has 1 aliphatic rings. The fourth-order valence-corrected chi connectivity index (χ4v) is 4.33. The van der Waals surface area contributed by atoms with E-state index in [0.29, 0.717) is 46.7 Å². The highest BCUT2D eigenvalue weighted by atomic mass is 35.5. The molecule has 3 heterocycles. The zero-order valence-electron chi connectivity index (χ0n) is 16.9. The van der Waals surface area contributed by atoms with Crippen molar-refractivity contribution in [2.75, 3.05) is 18.4 Å². The lowest BCUT2D eigenvalue weighted by molar-refractivity contribution is 0.0713. The number of anilines is 2. The molecule has 4 aromatic rings. The first-order valence-electron chi connectivity index (χ1n) is 10.4. The Kier molecular flexibility index (Phi) is 5.30. The van der Waals surface area contributed by atoms with Gasteiger partial charge in [-0.15, -0.1) is 0 Å². The average Bonchev–Trinajstić information content (AvgIpc) is 3.30. The molecule has 0 unspecified atom stereocenters. The van der Waals surface area contributed by atoms with Crippen LogP contribution in [0.4, 0.5) is 11.5 Å². The summed E-state index contributed by atoms with van der Waals surface area (Å²) in [5, 5.41) is 8.24. The number of benzene rings is 2. The summed E-state index contributed by atoms with van der Waals surface area (Å²) in [5.41, 5.74) is 3.20. The number of nitrogens with zero attached hydrogens (tertiary/aromatic N) is 4. The van der Waals surface area contributed by atoms with Crippen molar-refractivity contribution in [1.82, 2.24) is 19.5 Å². The van der Waals surface area contributed by atoms with E-state index in [1.807, 2.05) is 29.2 Å². The van der Waals surface area contributed by atoms with Gasteiger partial charge in [-0.2, -0.15) is 9.61 Å². The monoisotopic (exact) mass is 431 g/mol. The van der Waals surface area contributed by atoms with Crippen molar-refractivity contribution in [1.29, 1.82) is 0 Å². The molecule has 0 aliphatic carbocycles. The van der Waals surface area contributed by atoms with Crippen LogP contribution < -0.4 is 5.32 Å². The summed E-state index contributed by atoms with van der Waals surface area (Å²) in [7, 11) is 0. The predicted octanol–water partition coefficient (Wildman–Crippen LogP) is 5.15. The van der Waals surface area contributed by atoms with Gasteiger partial charge in [0.1, 0.15) is 11.4 Å². The van der Waals surface area contributed by atoms with E-state index in [-0.39, 0.29) is 5.91 Å². The van der Waals surface area contributed by atoms with Gasteiger partial charge in [-0.05, 0) is 36.5 Å². The van der Waals surface area contributed by atoms with Crippen molar-refractivity contribution in [3.63, 3.8) is 0 Å². The minimum Gasteiger partial charge on any atom is -0.338 e. The first-order chi connectivity index (χ1) is 15.2. The summed E-state index contributed by atoms with van der Waals surface area (Å²) in [6, 6.07) is 19.8. The smallest absolute Gasteiger partial charge is 0.259 e. The molecular formula is C24H22ClN5O. The molecule has 1 aliphatic heterocycles. The number of carbonyl (C=O) groups is 1. The van der Waals surface area contributed by atoms with Gasteiger partial charge < -0.3 is 10.2 Å². The Bertz CT molecular complexity index is 1220. The van der Waals surface area contributed by atoms with Crippen LogP contribution in [0, 0.1) is 0 Å². The van der Waals surface area contributed by atoms with Crippen molar-refractivity contribution in [3.05, 3.63) is 89.2 Å². The molecule has 0 bridgehead atoms. The highest BCUT2D eigenvalue weighted by Gasteiger charge is 2.27. The molecule has 0 spiro atoms. The fourth-order valence-electron chi connectivity index (χ4n) is 4.15. The maximum Gasteiger partial charge on any atom is 0.259 e. The molecule has 6 nitrogen and oxygen atoms in total. The summed E-state index contributed by atoms with van der Waals surface area (Å²) in [5.74, 6) is 1.00. The maximum absolute atomic E-state index is 13.5. The van der Waals surface area contributed by atoms with Gasteiger partial charge in [-0.1, -0.05) is 54.1 Å². The van der Waals surface area contributed by atoms with E-state index in [1.54, 1.807) is 29.0 Å². The second-order valence-corrected chi connectivity index (χ2v) is 8.11. The molecule has 1 amide bonds. The minimum absolute atomic E-state index is 0.0500.